The molecule has 2 amide bonds. The summed E-state index contributed by atoms with van der Waals surface area (Å²) in [5.74, 6) is -0.418. The Kier molecular flexibility index (Phi) is 6.40. The minimum atomic E-state index is -1.77. The van der Waals surface area contributed by atoms with Crippen molar-refractivity contribution in [2.24, 2.45) is 5.92 Å². The van der Waals surface area contributed by atoms with Crippen LogP contribution in [0.15, 0.2) is 54.6 Å². The van der Waals surface area contributed by atoms with Crippen LogP contribution in [0.5, 0.6) is 5.75 Å². The van der Waals surface area contributed by atoms with E-state index in [4.69, 9.17) is 14.6 Å². The fourth-order valence-electron chi connectivity index (χ4n) is 4.36. The van der Waals surface area contributed by atoms with Crippen molar-refractivity contribution in [1.82, 2.24) is 0 Å². The molecule has 8 nitrogen and oxygen atoms in total. The molecule has 0 unspecified atom stereocenters. The summed E-state index contributed by atoms with van der Waals surface area (Å²) in [6.45, 7) is 2.82. The summed E-state index contributed by atoms with van der Waals surface area (Å²) in [4.78, 5) is 28.7. The first kappa shape index (κ1) is 22.8. The van der Waals surface area contributed by atoms with Gasteiger partial charge in [-0.3, -0.25) is 9.69 Å². The maximum Gasteiger partial charge on any atom is 0.414 e. The molecule has 1 saturated heterocycles. The number of fused-ring (bicyclic) bond motifs is 1. The maximum absolute atomic E-state index is 13.6. The van der Waals surface area contributed by atoms with Gasteiger partial charge in [0.25, 0.3) is 5.91 Å². The number of aliphatic hydroxyl groups excluding tert-OH is 1. The van der Waals surface area contributed by atoms with Crippen LogP contribution >= 0.6 is 0 Å². The van der Waals surface area contributed by atoms with Crippen LogP contribution in [0.4, 0.5) is 16.2 Å². The van der Waals surface area contributed by atoms with E-state index in [1.807, 2.05) is 24.3 Å². The summed E-state index contributed by atoms with van der Waals surface area (Å²) in [5.41, 5.74) is 0.831. The van der Waals surface area contributed by atoms with Gasteiger partial charge in [0.05, 0.1) is 25.9 Å². The monoisotopic (exact) mass is 452 g/mol. The van der Waals surface area contributed by atoms with Gasteiger partial charge in [0.1, 0.15) is 12.4 Å². The lowest BCUT2D eigenvalue weighted by molar-refractivity contribution is -0.139. The van der Waals surface area contributed by atoms with Gasteiger partial charge in [0, 0.05) is 23.8 Å². The molecular formula is C25H28N2O6. The number of carbonyl (C=O) groups is 2. The zero-order valence-electron chi connectivity index (χ0n) is 18.7. The van der Waals surface area contributed by atoms with E-state index in [-0.39, 0.29) is 19.2 Å². The highest BCUT2D eigenvalue weighted by molar-refractivity contribution is 6.07. The Morgan fingerprint density at radius 2 is 2.06 bits per heavy atom. The second-order valence-corrected chi connectivity index (χ2v) is 8.21. The molecular weight excluding hydrogens is 424 g/mol. The van der Waals surface area contributed by atoms with E-state index in [0.717, 1.165) is 5.56 Å². The van der Waals surface area contributed by atoms with E-state index in [1.54, 1.807) is 47.1 Å². The molecule has 0 saturated carbocycles. The van der Waals surface area contributed by atoms with E-state index < -0.39 is 17.4 Å². The number of anilines is 2. The van der Waals surface area contributed by atoms with E-state index in [2.05, 4.69) is 0 Å². The normalized spacial score (nSPS) is 21.0. The fourth-order valence-corrected chi connectivity index (χ4v) is 4.36. The van der Waals surface area contributed by atoms with E-state index >= 15 is 0 Å². The Hall–Kier alpha value is -3.36. The third kappa shape index (κ3) is 4.07. The van der Waals surface area contributed by atoms with Crippen molar-refractivity contribution in [3.05, 3.63) is 65.7 Å². The van der Waals surface area contributed by atoms with Crippen LogP contribution in [0.2, 0.25) is 0 Å². The number of hydrogen-bond donors (Lipinski definition) is 2. The van der Waals surface area contributed by atoms with Gasteiger partial charge in [0.2, 0.25) is 0 Å². The van der Waals surface area contributed by atoms with E-state index in [0.29, 0.717) is 42.3 Å². The number of nitrogens with zero attached hydrogens (tertiary/aromatic N) is 2. The standard InChI is InChI=1S/C25H28N2O6/c1-17(6-3-4-12-28)25(31)21-15-20(32-2)9-10-22(21)27(23(25)29)16-18-7-5-8-19(14-18)26-11-13-33-24(26)30/h3,5-10,14-15,17,28,31H,4,11-13,16H2,1-2H3/b6-3+/t17-,25+/m0/s1. The molecule has 0 radical (unpaired) electrons. The lowest BCUT2D eigenvalue weighted by Crippen LogP contribution is -2.44. The third-order valence-corrected chi connectivity index (χ3v) is 6.18. The molecule has 2 aliphatic heterocycles. The van der Waals surface area contributed by atoms with E-state index in [9.17, 15) is 14.7 Å². The Bertz CT molecular complexity index is 1080. The zero-order valence-corrected chi connectivity index (χ0v) is 18.7. The summed E-state index contributed by atoms with van der Waals surface area (Å²) in [6, 6.07) is 12.6. The number of ether oxygens (including phenoxy) is 2. The van der Waals surface area contributed by atoms with Gasteiger partial charge in [-0.2, -0.15) is 0 Å². The Balaban J connectivity index is 1.69. The smallest absolute Gasteiger partial charge is 0.414 e. The molecule has 2 aromatic carbocycles. The first-order valence-electron chi connectivity index (χ1n) is 10.9. The zero-order chi connectivity index (χ0) is 23.6. The molecule has 8 heteroatoms. The van der Waals surface area contributed by atoms with Crippen molar-refractivity contribution in [2.75, 3.05) is 36.7 Å². The second-order valence-electron chi connectivity index (χ2n) is 8.21. The van der Waals surface area contributed by atoms with Crippen molar-refractivity contribution in [2.45, 2.75) is 25.5 Å². The van der Waals surface area contributed by atoms with Gasteiger partial charge in [-0.1, -0.05) is 31.2 Å². The molecule has 0 aromatic heterocycles. The van der Waals surface area contributed by atoms with Gasteiger partial charge < -0.3 is 24.6 Å². The Morgan fingerprint density at radius 3 is 2.76 bits per heavy atom. The summed E-state index contributed by atoms with van der Waals surface area (Å²) in [6.07, 6.45) is 3.56. The Labute approximate surface area is 192 Å². The minimum absolute atomic E-state index is 0.00691. The third-order valence-electron chi connectivity index (χ3n) is 6.18. The number of amides is 2. The van der Waals surface area contributed by atoms with Crippen LogP contribution in [-0.4, -0.2) is 49.1 Å². The summed E-state index contributed by atoms with van der Waals surface area (Å²) in [5, 5.41) is 20.8. The van der Waals surface area contributed by atoms with Crippen molar-refractivity contribution in [3.63, 3.8) is 0 Å². The highest BCUT2D eigenvalue weighted by atomic mass is 16.6. The predicted molar refractivity (Wildman–Crippen MR) is 123 cm³/mol. The molecule has 0 spiro atoms. The van der Waals surface area contributed by atoms with Crippen LogP contribution in [0.25, 0.3) is 0 Å². The van der Waals surface area contributed by atoms with Crippen molar-refractivity contribution in [1.29, 1.82) is 0 Å². The van der Waals surface area contributed by atoms with Gasteiger partial charge >= 0.3 is 6.09 Å². The number of aliphatic hydroxyl groups is 2. The molecule has 2 atom stereocenters. The molecule has 2 aromatic rings. The molecule has 2 heterocycles. The summed E-state index contributed by atoms with van der Waals surface area (Å²) in [7, 11) is 1.54. The first-order valence-corrected chi connectivity index (χ1v) is 10.9. The molecule has 0 bridgehead atoms. The molecule has 2 aliphatic rings. The molecule has 174 valence electrons. The number of benzene rings is 2. The molecule has 0 aliphatic carbocycles. The maximum atomic E-state index is 13.6. The number of rotatable bonds is 8. The van der Waals surface area contributed by atoms with Crippen molar-refractivity contribution in [3.8, 4) is 5.75 Å². The molecule has 2 N–H and O–H groups in total. The number of carbonyl (C=O) groups excluding carboxylic acids is 2. The number of methoxy groups -OCH3 is 1. The van der Waals surface area contributed by atoms with Crippen LogP contribution < -0.4 is 14.5 Å². The van der Waals surface area contributed by atoms with E-state index in [1.165, 1.54) is 7.11 Å². The fraction of sp³-hybridized carbons (Fsp3) is 0.360. The minimum Gasteiger partial charge on any atom is -0.497 e. The lowest BCUT2D eigenvalue weighted by atomic mass is 9.83. The van der Waals surface area contributed by atoms with Gasteiger partial charge in [-0.25, -0.2) is 4.79 Å². The number of cyclic esters (lactones) is 1. The molecule has 4 rings (SSSR count). The van der Waals surface area contributed by atoms with Gasteiger partial charge in [-0.15, -0.1) is 0 Å². The summed E-state index contributed by atoms with van der Waals surface area (Å²) < 4.78 is 10.4. The first-order chi connectivity index (χ1) is 15.9. The van der Waals surface area contributed by atoms with Crippen molar-refractivity contribution >= 4 is 23.4 Å². The molecule has 33 heavy (non-hydrogen) atoms. The van der Waals surface area contributed by atoms with Crippen molar-refractivity contribution < 1.29 is 29.3 Å². The average Bonchev–Trinajstić information content (AvgIpc) is 3.35. The van der Waals surface area contributed by atoms with Crippen LogP contribution in [-0.2, 0) is 21.7 Å². The Morgan fingerprint density at radius 1 is 1.24 bits per heavy atom. The second kappa shape index (κ2) is 9.25. The molecule has 1 fully saturated rings. The largest absolute Gasteiger partial charge is 0.497 e. The summed E-state index contributed by atoms with van der Waals surface area (Å²) >= 11 is 0. The predicted octanol–water partition coefficient (Wildman–Crippen LogP) is 2.96. The average molecular weight is 453 g/mol. The van der Waals surface area contributed by atoms with Crippen LogP contribution in [0.3, 0.4) is 0 Å². The SMILES string of the molecule is COc1ccc2c(c1)[C@](O)([C@@H](C)/C=C/CCO)C(=O)N2Cc1cccc(N2CCOC2=O)c1. The topological polar surface area (TPSA) is 99.5 Å². The van der Waals surface area contributed by atoms with Gasteiger partial charge in [0.15, 0.2) is 5.60 Å². The van der Waals surface area contributed by atoms with Crippen LogP contribution in [0.1, 0.15) is 24.5 Å². The highest BCUT2D eigenvalue weighted by Gasteiger charge is 2.52. The number of hydrogen-bond acceptors (Lipinski definition) is 6. The quantitative estimate of drug-likeness (QED) is 0.598. The van der Waals surface area contributed by atoms with Gasteiger partial charge in [-0.05, 0) is 42.3 Å². The van der Waals surface area contributed by atoms with Crippen LogP contribution in [0, 0.1) is 5.92 Å². The lowest BCUT2D eigenvalue weighted by Gasteiger charge is -2.28. The highest BCUT2D eigenvalue weighted by Crippen LogP contribution is 2.47.